The third kappa shape index (κ3) is 1.87. The zero-order chi connectivity index (χ0) is 12.4. The summed E-state index contributed by atoms with van der Waals surface area (Å²) in [6, 6.07) is 6.54. The van der Waals surface area contributed by atoms with Crippen LogP contribution in [0.15, 0.2) is 29.1 Å². The third-order valence-electron chi connectivity index (χ3n) is 2.39. The molecule has 0 saturated carbocycles. The van der Waals surface area contributed by atoms with Crippen LogP contribution in [0.4, 0.5) is 0 Å². The topological polar surface area (TPSA) is 79.4 Å². The number of aromatic nitrogens is 1. The standard InChI is InChI=1S/C12H11NO4/c1-2-17-12(16)9-7-5-3-4-6-8(7)10(14)13-11(9)15/h3-6H,2H2,1H3,(H2,13,14,15). The Bertz CT molecular complexity index is 630. The molecule has 1 heterocycles. The highest BCUT2D eigenvalue weighted by Crippen LogP contribution is 2.22. The third-order valence-corrected chi connectivity index (χ3v) is 2.39. The Hall–Kier alpha value is -2.30. The lowest BCUT2D eigenvalue weighted by Gasteiger charge is -2.07. The molecule has 0 aliphatic rings. The Morgan fingerprint density at radius 2 is 2.00 bits per heavy atom. The van der Waals surface area contributed by atoms with Gasteiger partial charge in [0.15, 0.2) is 0 Å². The van der Waals surface area contributed by atoms with Crippen LogP contribution in [0.1, 0.15) is 17.3 Å². The smallest absolute Gasteiger partial charge is 0.344 e. The van der Waals surface area contributed by atoms with Crippen molar-refractivity contribution in [2.24, 2.45) is 0 Å². The van der Waals surface area contributed by atoms with Crippen molar-refractivity contribution in [3.63, 3.8) is 0 Å². The first-order valence-electron chi connectivity index (χ1n) is 5.16. The van der Waals surface area contributed by atoms with Crippen LogP contribution in [0.25, 0.3) is 10.8 Å². The van der Waals surface area contributed by atoms with Crippen molar-refractivity contribution in [2.45, 2.75) is 6.92 Å². The number of carbonyl (C=O) groups excluding carboxylic acids is 1. The summed E-state index contributed by atoms with van der Waals surface area (Å²) < 4.78 is 4.84. The Kier molecular flexibility index (Phi) is 2.82. The molecule has 1 aromatic heterocycles. The average molecular weight is 233 g/mol. The molecule has 0 aliphatic heterocycles. The van der Waals surface area contributed by atoms with Crippen LogP contribution in [0.3, 0.4) is 0 Å². The Morgan fingerprint density at radius 3 is 2.65 bits per heavy atom. The molecule has 0 aliphatic carbocycles. The molecule has 0 atom stereocenters. The molecule has 2 rings (SSSR count). The monoisotopic (exact) mass is 233 g/mol. The van der Waals surface area contributed by atoms with E-state index in [2.05, 4.69) is 4.98 Å². The van der Waals surface area contributed by atoms with E-state index >= 15 is 0 Å². The molecule has 0 bridgehead atoms. The van der Waals surface area contributed by atoms with E-state index in [1.807, 2.05) is 0 Å². The second kappa shape index (κ2) is 4.29. The van der Waals surface area contributed by atoms with Gasteiger partial charge in [-0.2, -0.15) is 0 Å². The zero-order valence-corrected chi connectivity index (χ0v) is 9.19. The molecular weight excluding hydrogens is 222 g/mol. The first-order chi connectivity index (χ1) is 8.15. The number of hydrogen-bond acceptors (Lipinski definition) is 4. The van der Waals surface area contributed by atoms with Crippen LogP contribution < -0.4 is 5.56 Å². The van der Waals surface area contributed by atoms with Crippen molar-refractivity contribution in [3.05, 3.63) is 40.2 Å². The van der Waals surface area contributed by atoms with E-state index in [4.69, 9.17) is 4.74 Å². The highest BCUT2D eigenvalue weighted by atomic mass is 16.5. The quantitative estimate of drug-likeness (QED) is 0.768. The van der Waals surface area contributed by atoms with Gasteiger partial charge in [0.25, 0.3) is 5.56 Å². The number of aromatic amines is 1. The number of ether oxygens (including phenoxy) is 1. The molecule has 0 unspecified atom stereocenters. The highest BCUT2D eigenvalue weighted by molar-refractivity contribution is 6.05. The minimum absolute atomic E-state index is 0.0120. The van der Waals surface area contributed by atoms with Gasteiger partial charge in [0.1, 0.15) is 5.56 Å². The molecule has 2 aromatic rings. The summed E-state index contributed by atoms with van der Waals surface area (Å²) in [6.45, 7) is 1.87. The van der Waals surface area contributed by atoms with Crippen LogP contribution in [0.5, 0.6) is 5.88 Å². The number of H-pyrrole nitrogens is 1. The first kappa shape index (κ1) is 11.2. The number of esters is 1. The normalized spacial score (nSPS) is 10.4. The second-order valence-electron chi connectivity index (χ2n) is 3.44. The number of nitrogens with one attached hydrogen (secondary N) is 1. The second-order valence-corrected chi connectivity index (χ2v) is 3.44. The number of hydrogen-bond donors (Lipinski definition) is 2. The summed E-state index contributed by atoms with van der Waals surface area (Å²) in [7, 11) is 0. The van der Waals surface area contributed by atoms with E-state index in [1.165, 1.54) is 0 Å². The maximum atomic E-state index is 11.7. The molecule has 0 spiro atoms. The lowest BCUT2D eigenvalue weighted by molar-refractivity contribution is 0.0524. The predicted octanol–water partition coefficient (Wildman–Crippen LogP) is 1.41. The summed E-state index contributed by atoms with van der Waals surface area (Å²) in [6.07, 6.45) is 0. The predicted molar refractivity (Wildman–Crippen MR) is 62.2 cm³/mol. The Morgan fingerprint density at radius 1 is 1.35 bits per heavy atom. The van der Waals surface area contributed by atoms with Crippen molar-refractivity contribution < 1.29 is 14.6 Å². The van der Waals surface area contributed by atoms with Crippen molar-refractivity contribution in [1.82, 2.24) is 4.98 Å². The summed E-state index contributed by atoms with van der Waals surface area (Å²) >= 11 is 0. The maximum Gasteiger partial charge on any atom is 0.344 e. The van der Waals surface area contributed by atoms with E-state index in [0.29, 0.717) is 10.8 Å². The van der Waals surface area contributed by atoms with Gasteiger partial charge in [-0.1, -0.05) is 18.2 Å². The molecule has 0 fully saturated rings. The van der Waals surface area contributed by atoms with Crippen LogP contribution >= 0.6 is 0 Å². The van der Waals surface area contributed by atoms with Crippen molar-refractivity contribution in [3.8, 4) is 5.88 Å². The van der Waals surface area contributed by atoms with E-state index < -0.39 is 17.4 Å². The molecule has 88 valence electrons. The van der Waals surface area contributed by atoms with Gasteiger partial charge in [0.2, 0.25) is 5.88 Å². The minimum atomic E-state index is -0.655. The van der Waals surface area contributed by atoms with E-state index in [0.717, 1.165) is 0 Å². The molecule has 5 heteroatoms. The van der Waals surface area contributed by atoms with Crippen LogP contribution in [0, 0.1) is 0 Å². The summed E-state index contributed by atoms with van der Waals surface area (Å²) in [4.78, 5) is 25.5. The number of carbonyl (C=O) groups is 1. The van der Waals surface area contributed by atoms with Gasteiger partial charge in [-0.15, -0.1) is 0 Å². The molecule has 0 saturated heterocycles. The van der Waals surface area contributed by atoms with E-state index in [-0.39, 0.29) is 12.2 Å². The van der Waals surface area contributed by atoms with Gasteiger partial charge in [-0.05, 0) is 13.0 Å². The van der Waals surface area contributed by atoms with Crippen molar-refractivity contribution >= 4 is 16.7 Å². The summed E-state index contributed by atoms with van der Waals surface area (Å²) in [5.41, 5.74) is -0.451. The van der Waals surface area contributed by atoms with Gasteiger partial charge >= 0.3 is 5.97 Å². The Balaban J connectivity index is 2.78. The van der Waals surface area contributed by atoms with E-state index in [1.54, 1.807) is 31.2 Å². The zero-order valence-electron chi connectivity index (χ0n) is 9.19. The first-order valence-corrected chi connectivity index (χ1v) is 5.16. The van der Waals surface area contributed by atoms with Crippen LogP contribution in [-0.4, -0.2) is 22.7 Å². The molecule has 2 N–H and O–H groups in total. The molecule has 5 nitrogen and oxygen atoms in total. The molecule has 1 aromatic carbocycles. The fourth-order valence-electron chi connectivity index (χ4n) is 1.67. The number of fused-ring (bicyclic) bond motifs is 1. The molecule has 0 radical (unpaired) electrons. The summed E-state index contributed by atoms with van der Waals surface area (Å²) in [5.74, 6) is -1.12. The molecule has 0 amide bonds. The number of benzene rings is 1. The van der Waals surface area contributed by atoms with Crippen LogP contribution in [0.2, 0.25) is 0 Å². The Labute approximate surface area is 96.7 Å². The highest BCUT2D eigenvalue weighted by Gasteiger charge is 2.18. The SMILES string of the molecule is CCOC(=O)c1c(O)[nH]c(=O)c2ccccc12. The molecule has 17 heavy (non-hydrogen) atoms. The number of pyridine rings is 1. The van der Waals surface area contributed by atoms with E-state index in [9.17, 15) is 14.7 Å². The molecular formula is C12H11NO4. The minimum Gasteiger partial charge on any atom is -0.494 e. The van der Waals surface area contributed by atoms with Crippen LogP contribution in [-0.2, 0) is 4.74 Å². The van der Waals surface area contributed by atoms with Crippen molar-refractivity contribution in [1.29, 1.82) is 0 Å². The van der Waals surface area contributed by atoms with Gasteiger partial charge in [-0.3, -0.25) is 9.78 Å². The lowest BCUT2D eigenvalue weighted by atomic mass is 10.1. The van der Waals surface area contributed by atoms with Crippen molar-refractivity contribution in [2.75, 3.05) is 6.61 Å². The average Bonchev–Trinajstić information content (AvgIpc) is 2.29. The maximum absolute atomic E-state index is 11.7. The summed E-state index contributed by atoms with van der Waals surface area (Å²) in [5, 5.41) is 10.4. The van der Waals surface area contributed by atoms with Gasteiger partial charge in [0.05, 0.1) is 6.61 Å². The van der Waals surface area contributed by atoms with Gasteiger partial charge in [-0.25, -0.2) is 4.79 Å². The largest absolute Gasteiger partial charge is 0.494 e. The fraction of sp³-hybridized carbons (Fsp3) is 0.167. The number of aromatic hydroxyl groups is 1. The fourth-order valence-corrected chi connectivity index (χ4v) is 1.67. The number of rotatable bonds is 2. The lowest BCUT2D eigenvalue weighted by Crippen LogP contribution is -2.13. The van der Waals surface area contributed by atoms with Gasteiger partial charge in [0, 0.05) is 10.8 Å². The van der Waals surface area contributed by atoms with Gasteiger partial charge < -0.3 is 9.84 Å².